The molecule has 17 heteroatoms. The highest BCUT2D eigenvalue weighted by atomic mass is 19.4. The van der Waals surface area contributed by atoms with E-state index in [2.05, 4.69) is 25.3 Å². The van der Waals surface area contributed by atoms with Crippen LogP contribution in [-0.4, -0.2) is 120 Å². The van der Waals surface area contributed by atoms with Crippen molar-refractivity contribution in [3.63, 3.8) is 0 Å². The smallest absolute Gasteiger partial charge is 0.379 e. The number of ether oxygens (including phenoxy) is 2. The van der Waals surface area contributed by atoms with Gasteiger partial charge >= 0.3 is 6.18 Å². The van der Waals surface area contributed by atoms with Crippen LogP contribution < -0.4 is 10.2 Å². The van der Waals surface area contributed by atoms with Crippen LogP contribution in [0.25, 0.3) is 11.4 Å². The molecule has 2 saturated heterocycles. The molecule has 0 atom stereocenters. The standard InChI is InChI=1S/C40H38F4N8O5/c41-31-6-5-24(18-32-25-3-1-2-4-26(25)34(53)21-45-32)17-28(31)39(55)52-8-7-27-33(22-52)47-37(49-38(27)51-11-15-57-16-12-51)29-20-46-35(19-30(29)40(42,43)44)48-36(54)23-50-9-13-56-14-10-50/h1-6,17,19-20H,7-16,18,21-23H2,(H,46,48,54). The van der Waals surface area contributed by atoms with E-state index in [9.17, 15) is 27.6 Å². The zero-order valence-corrected chi connectivity index (χ0v) is 30.8. The first-order valence-corrected chi connectivity index (χ1v) is 18.7. The number of fused-ring (bicyclic) bond motifs is 2. The number of Topliss-reactive ketones (excluding diaryl/α,β-unsaturated/α-hetero) is 1. The molecule has 4 aromatic rings. The average molecular weight is 787 g/mol. The van der Waals surface area contributed by atoms with E-state index in [1.54, 1.807) is 24.3 Å². The quantitative estimate of drug-likeness (QED) is 0.258. The summed E-state index contributed by atoms with van der Waals surface area (Å²) in [5.41, 5.74) is 1.86. The first kappa shape index (κ1) is 38.2. The molecule has 2 aromatic carbocycles. The monoisotopic (exact) mass is 786 g/mol. The number of rotatable bonds is 8. The fourth-order valence-electron chi connectivity index (χ4n) is 7.50. The Bertz CT molecular complexity index is 2260. The molecule has 296 valence electrons. The lowest BCUT2D eigenvalue weighted by atomic mass is 9.92. The van der Waals surface area contributed by atoms with Crippen molar-refractivity contribution in [1.82, 2.24) is 24.8 Å². The number of hydrogen-bond acceptors (Lipinski definition) is 11. The van der Waals surface area contributed by atoms with Gasteiger partial charge in [-0.05, 0) is 30.2 Å². The molecule has 2 fully saturated rings. The Hall–Kier alpha value is -5.65. The number of halogens is 4. The number of anilines is 2. The number of hydrogen-bond donors (Lipinski definition) is 1. The molecule has 0 radical (unpaired) electrons. The Labute approximate surface area is 324 Å². The van der Waals surface area contributed by atoms with Gasteiger partial charge in [0.05, 0.1) is 56.3 Å². The van der Waals surface area contributed by atoms with Gasteiger partial charge in [-0.2, -0.15) is 13.2 Å². The van der Waals surface area contributed by atoms with E-state index in [1.165, 1.54) is 17.0 Å². The summed E-state index contributed by atoms with van der Waals surface area (Å²) in [5.74, 6) is -2.04. The minimum absolute atomic E-state index is 0.000602. The second-order valence-corrected chi connectivity index (χ2v) is 14.1. The van der Waals surface area contributed by atoms with Crippen molar-refractivity contribution in [1.29, 1.82) is 0 Å². The van der Waals surface area contributed by atoms with Gasteiger partial charge in [0, 0.05) is 73.3 Å². The largest absolute Gasteiger partial charge is 0.417 e. The first-order chi connectivity index (χ1) is 27.5. The van der Waals surface area contributed by atoms with E-state index >= 15 is 4.39 Å². The van der Waals surface area contributed by atoms with Crippen LogP contribution in [-0.2, 0) is 39.8 Å². The van der Waals surface area contributed by atoms with Crippen molar-refractivity contribution in [3.05, 3.63) is 99.6 Å². The van der Waals surface area contributed by atoms with Crippen molar-refractivity contribution in [2.45, 2.75) is 25.6 Å². The SMILES string of the molecule is O=C(CN1CCOCC1)Nc1cc(C(F)(F)F)c(-c2nc3c(c(N4CCOCC4)n2)CCN(C(=O)c2cc(CC4=NCC(=O)c5ccccc54)ccc2F)C3)cn1. The van der Waals surface area contributed by atoms with Crippen molar-refractivity contribution in [2.75, 3.05) is 82.5 Å². The van der Waals surface area contributed by atoms with Crippen molar-refractivity contribution < 1.29 is 41.4 Å². The zero-order chi connectivity index (χ0) is 39.7. The molecule has 0 unspecified atom stereocenters. The molecule has 0 spiro atoms. The van der Waals surface area contributed by atoms with Gasteiger partial charge in [0.25, 0.3) is 5.91 Å². The third kappa shape index (κ3) is 8.26. The number of aromatic nitrogens is 3. The number of carbonyl (C=O) groups excluding carboxylic acids is 3. The van der Waals surface area contributed by atoms with Crippen LogP contribution in [0.2, 0.25) is 0 Å². The summed E-state index contributed by atoms with van der Waals surface area (Å²) in [7, 11) is 0. The Balaban J connectivity index is 1.09. The number of nitrogens with one attached hydrogen (secondary N) is 1. The Morgan fingerprint density at radius 3 is 2.37 bits per heavy atom. The molecule has 2 aromatic heterocycles. The maximum absolute atomic E-state index is 15.4. The predicted molar refractivity (Wildman–Crippen MR) is 200 cm³/mol. The Kier molecular flexibility index (Phi) is 10.8. The molecule has 4 aliphatic rings. The van der Waals surface area contributed by atoms with Gasteiger partial charge in [0.1, 0.15) is 24.0 Å². The minimum Gasteiger partial charge on any atom is -0.379 e. The van der Waals surface area contributed by atoms with Gasteiger partial charge in [0.15, 0.2) is 11.6 Å². The summed E-state index contributed by atoms with van der Waals surface area (Å²) in [6.45, 7) is 3.65. The van der Waals surface area contributed by atoms with E-state index in [-0.39, 0.29) is 62.0 Å². The molecule has 8 rings (SSSR count). The van der Waals surface area contributed by atoms with E-state index in [4.69, 9.17) is 9.47 Å². The molecule has 0 saturated carbocycles. The maximum atomic E-state index is 15.4. The normalized spacial score (nSPS) is 17.5. The number of amides is 2. The fraction of sp³-hybridized carbons (Fsp3) is 0.375. The Morgan fingerprint density at radius 2 is 1.61 bits per heavy atom. The molecule has 0 bridgehead atoms. The lowest BCUT2D eigenvalue weighted by Crippen LogP contribution is -2.41. The van der Waals surface area contributed by atoms with Crippen LogP contribution in [0.1, 0.15) is 48.7 Å². The molecule has 57 heavy (non-hydrogen) atoms. The van der Waals surface area contributed by atoms with Gasteiger partial charge in [-0.15, -0.1) is 0 Å². The van der Waals surface area contributed by atoms with Crippen LogP contribution in [0.4, 0.5) is 29.2 Å². The fourth-order valence-corrected chi connectivity index (χ4v) is 7.50. The van der Waals surface area contributed by atoms with Gasteiger partial charge in [-0.1, -0.05) is 30.3 Å². The summed E-state index contributed by atoms with van der Waals surface area (Å²) >= 11 is 0. The van der Waals surface area contributed by atoms with Gasteiger partial charge in [-0.3, -0.25) is 24.3 Å². The van der Waals surface area contributed by atoms with Crippen LogP contribution >= 0.6 is 0 Å². The lowest BCUT2D eigenvalue weighted by Gasteiger charge is -2.34. The molecule has 6 heterocycles. The zero-order valence-electron chi connectivity index (χ0n) is 30.8. The van der Waals surface area contributed by atoms with Crippen molar-refractivity contribution in [3.8, 4) is 11.4 Å². The van der Waals surface area contributed by atoms with E-state index < -0.39 is 34.9 Å². The highest BCUT2D eigenvalue weighted by molar-refractivity contribution is 6.15. The molecular weight excluding hydrogens is 748 g/mol. The number of morpholine rings is 2. The molecule has 4 aliphatic heterocycles. The number of alkyl halides is 3. The van der Waals surface area contributed by atoms with Gasteiger partial charge in [-0.25, -0.2) is 19.3 Å². The molecule has 1 N–H and O–H groups in total. The first-order valence-electron chi connectivity index (χ1n) is 18.7. The summed E-state index contributed by atoms with van der Waals surface area (Å²) in [5, 5.41) is 2.47. The number of ketones is 1. The number of aliphatic imine (C=N–C) groups is 1. The number of benzene rings is 2. The second-order valence-electron chi connectivity index (χ2n) is 14.1. The third-order valence-corrected chi connectivity index (χ3v) is 10.4. The Morgan fingerprint density at radius 1 is 0.877 bits per heavy atom. The lowest BCUT2D eigenvalue weighted by molar-refractivity contribution is -0.137. The molecular formula is C40H38F4N8O5. The minimum atomic E-state index is -4.87. The highest BCUT2D eigenvalue weighted by Gasteiger charge is 2.37. The number of pyridine rings is 1. The van der Waals surface area contributed by atoms with Crippen LogP contribution in [0.5, 0.6) is 0 Å². The summed E-state index contributed by atoms with van der Waals surface area (Å²) in [6.07, 6.45) is -3.34. The van der Waals surface area contributed by atoms with E-state index in [1.807, 2.05) is 15.9 Å². The van der Waals surface area contributed by atoms with Crippen LogP contribution in [0.15, 0.2) is 59.7 Å². The average Bonchev–Trinajstić information content (AvgIpc) is 3.22. The van der Waals surface area contributed by atoms with E-state index in [0.29, 0.717) is 92.1 Å². The molecule has 0 aliphatic carbocycles. The maximum Gasteiger partial charge on any atom is 0.417 e. The second kappa shape index (κ2) is 16.1. The van der Waals surface area contributed by atoms with Gasteiger partial charge < -0.3 is 24.6 Å². The topological polar surface area (TPSA) is 142 Å². The predicted octanol–water partition coefficient (Wildman–Crippen LogP) is 4.23. The summed E-state index contributed by atoms with van der Waals surface area (Å²) < 4.78 is 70.4. The third-order valence-electron chi connectivity index (χ3n) is 10.4. The number of nitrogens with zero attached hydrogens (tertiary/aromatic N) is 7. The molecule has 2 amide bonds. The number of carbonyl (C=O) groups is 3. The van der Waals surface area contributed by atoms with Crippen molar-refractivity contribution in [2.24, 2.45) is 4.99 Å². The van der Waals surface area contributed by atoms with Crippen LogP contribution in [0, 0.1) is 5.82 Å². The summed E-state index contributed by atoms with van der Waals surface area (Å²) in [4.78, 5) is 62.2. The van der Waals surface area contributed by atoms with Crippen LogP contribution in [0.3, 0.4) is 0 Å². The van der Waals surface area contributed by atoms with Gasteiger partial charge in [0.2, 0.25) is 5.91 Å². The highest BCUT2D eigenvalue weighted by Crippen LogP contribution is 2.39. The molecule has 13 nitrogen and oxygen atoms in total. The summed E-state index contributed by atoms with van der Waals surface area (Å²) in [6, 6.07) is 12.2. The van der Waals surface area contributed by atoms with E-state index in [0.717, 1.165) is 12.3 Å². The van der Waals surface area contributed by atoms with Crippen molar-refractivity contribution >= 4 is 34.9 Å².